The van der Waals surface area contributed by atoms with E-state index < -0.39 is 5.82 Å². The summed E-state index contributed by atoms with van der Waals surface area (Å²) in [4.78, 5) is 14.3. The van der Waals surface area contributed by atoms with Crippen LogP contribution in [-0.4, -0.2) is 47.3 Å². The summed E-state index contributed by atoms with van der Waals surface area (Å²) in [5, 5.41) is 7.38. The third-order valence-corrected chi connectivity index (χ3v) is 4.36. The number of amides is 1. The molecule has 0 spiro atoms. The Kier molecular flexibility index (Phi) is 6.61. The minimum Gasteiger partial charge on any atom is -0.489 e. The van der Waals surface area contributed by atoms with Crippen molar-refractivity contribution in [2.75, 3.05) is 32.1 Å². The predicted molar refractivity (Wildman–Crippen MR) is 111 cm³/mol. The number of benzene rings is 2. The Morgan fingerprint density at radius 2 is 1.90 bits per heavy atom. The van der Waals surface area contributed by atoms with Crippen molar-refractivity contribution in [2.45, 2.75) is 13.8 Å². The number of nitrogens with one attached hydrogen (secondary N) is 1. The Balaban J connectivity index is 1.54. The summed E-state index contributed by atoms with van der Waals surface area (Å²) in [5.74, 6) is 0.273. The van der Waals surface area contributed by atoms with Gasteiger partial charge in [0, 0.05) is 12.6 Å². The SMILES string of the molecule is Cc1ccc(-n2nc(C)cc2NC(=O)CN(C)CCOc2ccccc2F)cc1. The Labute approximate surface area is 169 Å². The first-order valence-electron chi connectivity index (χ1n) is 9.42. The molecule has 0 atom stereocenters. The Bertz CT molecular complexity index is 969. The second-order valence-electron chi connectivity index (χ2n) is 6.98. The van der Waals surface area contributed by atoms with Crippen LogP contribution < -0.4 is 10.1 Å². The van der Waals surface area contributed by atoms with Crippen molar-refractivity contribution in [1.29, 1.82) is 0 Å². The summed E-state index contributed by atoms with van der Waals surface area (Å²) in [7, 11) is 1.81. The molecule has 0 aliphatic carbocycles. The van der Waals surface area contributed by atoms with Gasteiger partial charge >= 0.3 is 0 Å². The molecule has 6 nitrogen and oxygen atoms in total. The van der Waals surface area contributed by atoms with Gasteiger partial charge in [-0.25, -0.2) is 9.07 Å². The van der Waals surface area contributed by atoms with E-state index in [9.17, 15) is 9.18 Å². The van der Waals surface area contributed by atoms with Crippen molar-refractivity contribution in [3.8, 4) is 11.4 Å². The van der Waals surface area contributed by atoms with Crippen LogP contribution in [0.15, 0.2) is 54.6 Å². The van der Waals surface area contributed by atoms with Gasteiger partial charge in [-0.15, -0.1) is 0 Å². The maximum Gasteiger partial charge on any atom is 0.239 e. The first kappa shape index (κ1) is 20.5. The molecule has 3 aromatic rings. The molecule has 0 aliphatic heterocycles. The zero-order valence-corrected chi connectivity index (χ0v) is 16.9. The largest absolute Gasteiger partial charge is 0.489 e. The van der Waals surface area contributed by atoms with Crippen LogP contribution in [-0.2, 0) is 4.79 Å². The van der Waals surface area contributed by atoms with E-state index in [2.05, 4.69) is 10.4 Å². The van der Waals surface area contributed by atoms with E-state index in [0.29, 0.717) is 12.4 Å². The normalized spacial score (nSPS) is 10.9. The van der Waals surface area contributed by atoms with Crippen LogP contribution in [0.2, 0.25) is 0 Å². The van der Waals surface area contributed by atoms with E-state index in [1.54, 1.807) is 22.9 Å². The van der Waals surface area contributed by atoms with Crippen molar-refractivity contribution >= 4 is 11.7 Å². The number of likely N-dealkylation sites (N-methyl/N-ethyl adjacent to an activating group) is 1. The number of halogens is 1. The highest BCUT2D eigenvalue weighted by Crippen LogP contribution is 2.18. The van der Waals surface area contributed by atoms with Crippen molar-refractivity contribution < 1.29 is 13.9 Å². The Hall–Kier alpha value is -3.19. The number of ether oxygens (including phenoxy) is 1. The zero-order valence-electron chi connectivity index (χ0n) is 16.9. The summed E-state index contributed by atoms with van der Waals surface area (Å²) < 4.78 is 20.7. The van der Waals surface area contributed by atoms with Gasteiger partial charge < -0.3 is 10.1 Å². The van der Waals surface area contributed by atoms with Gasteiger partial charge in [-0.3, -0.25) is 9.69 Å². The molecule has 1 amide bonds. The number of hydrogen-bond acceptors (Lipinski definition) is 4. The number of carbonyl (C=O) groups is 1. The average molecular weight is 396 g/mol. The summed E-state index contributed by atoms with van der Waals surface area (Å²) in [6.45, 7) is 4.85. The second kappa shape index (κ2) is 9.34. The monoisotopic (exact) mass is 396 g/mol. The standard InChI is InChI=1S/C22H25FN4O2/c1-16-8-10-18(11-9-16)27-21(14-17(2)25-27)24-22(28)15-26(3)12-13-29-20-7-5-4-6-19(20)23/h4-11,14H,12-13,15H2,1-3H3,(H,24,28). The van der Waals surface area contributed by atoms with E-state index >= 15 is 0 Å². The third-order valence-electron chi connectivity index (χ3n) is 4.36. The molecular formula is C22H25FN4O2. The van der Waals surface area contributed by atoms with Gasteiger partial charge in [0.05, 0.1) is 17.9 Å². The summed E-state index contributed by atoms with van der Waals surface area (Å²) in [6.07, 6.45) is 0. The Morgan fingerprint density at radius 1 is 1.17 bits per heavy atom. The van der Waals surface area contributed by atoms with Crippen LogP contribution in [0, 0.1) is 19.7 Å². The molecule has 0 saturated heterocycles. The fourth-order valence-corrected chi connectivity index (χ4v) is 2.85. The van der Waals surface area contributed by atoms with Crippen molar-refractivity contribution in [3.63, 3.8) is 0 Å². The number of aryl methyl sites for hydroxylation is 2. The van der Waals surface area contributed by atoms with E-state index in [0.717, 1.165) is 16.9 Å². The van der Waals surface area contributed by atoms with Gasteiger partial charge in [0.1, 0.15) is 12.4 Å². The maximum absolute atomic E-state index is 13.6. The Morgan fingerprint density at radius 3 is 2.62 bits per heavy atom. The fourth-order valence-electron chi connectivity index (χ4n) is 2.85. The van der Waals surface area contributed by atoms with Gasteiger partial charge in [-0.05, 0) is 45.2 Å². The molecule has 2 aromatic carbocycles. The lowest BCUT2D eigenvalue weighted by molar-refractivity contribution is -0.117. The van der Waals surface area contributed by atoms with Gasteiger partial charge in [0.2, 0.25) is 5.91 Å². The topological polar surface area (TPSA) is 59.4 Å². The van der Waals surface area contributed by atoms with Crippen molar-refractivity contribution in [1.82, 2.24) is 14.7 Å². The highest BCUT2D eigenvalue weighted by molar-refractivity contribution is 5.91. The van der Waals surface area contributed by atoms with Crippen LogP contribution in [0.4, 0.5) is 10.2 Å². The number of nitrogens with zero attached hydrogens (tertiary/aromatic N) is 3. The van der Waals surface area contributed by atoms with Gasteiger partial charge in [0.15, 0.2) is 11.6 Å². The molecule has 3 rings (SSSR count). The zero-order chi connectivity index (χ0) is 20.8. The molecule has 29 heavy (non-hydrogen) atoms. The minimum absolute atomic E-state index is 0.161. The molecule has 0 bridgehead atoms. The summed E-state index contributed by atoms with van der Waals surface area (Å²) in [5.41, 5.74) is 2.85. The first-order valence-corrected chi connectivity index (χ1v) is 9.42. The fraction of sp³-hybridized carbons (Fsp3) is 0.273. The molecule has 0 saturated carbocycles. The van der Waals surface area contributed by atoms with E-state index in [-0.39, 0.29) is 24.8 Å². The van der Waals surface area contributed by atoms with Crippen LogP contribution in [0.1, 0.15) is 11.3 Å². The van der Waals surface area contributed by atoms with E-state index in [1.165, 1.54) is 6.07 Å². The van der Waals surface area contributed by atoms with Crippen molar-refractivity contribution in [2.24, 2.45) is 0 Å². The lowest BCUT2D eigenvalue weighted by Gasteiger charge is -2.17. The molecule has 1 N–H and O–H groups in total. The summed E-state index contributed by atoms with van der Waals surface area (Å²) >= 11 is 0. The van der Waals surface area contributed by atoms with E-state index in [4.69, 9.17) is 4.74 Å². The average Bonchev–Trinajstić information content (AvgIpc) is 3.03. The number of para-hydroxylation sites is 1. The minimum atomic E-state index is -0.396. The lowest BCUT2D eigenvalue weighted by Crippen LogP contribution is -2.33. The van der Waals surface area contributed by atoms with Crippen LogP contribution in [0.25, 0.3) is 5.69 Å². The third kappa shape index (κ3) is 5.65. The summed E-state index contributed by atoms with van der Waals surface area (Å²) in [6, 6.07) is 16.0. The molecule has 1 aromatic heterocycles. The predicted octanol–water partition coefficient (Wildman–Crippen LogP) is 3.58. The molecule has 7 heteroatoms. The smallest absolute Gasteiger partial charge is 0.239 e. The highest BCUT2D eigenvalue weighted by atomic mass is 19.1. The quantitative estimate of drug-likeness (QED) is 0.632. The van der Waals surface area contributed by atoms with Crippen molar-refractivity contribution in [3.05, 3.63) is 71.7 Å². The number of rotatable bonds is 8. The highest BCUT2D eigenvalue weighted by Gasteiger charge is 2.13. The molecule has 0 aliphatic rings. The molecule has 0 unspecified atom stereocenters. The van der Waals surface area contributed by atoms with Crippen LogP contribution in [0.3, 0.4) is 0 Å². The molecule has 152 valence electrons. The number of carbonyl (C=O) groups excluding carboxylic acids is 1. The molecule has 1 heterocycles. The number of hydrogen-bond donors (Lipinski definition) is 1. The van der Waals surface area contributed by atoms with Crippen LogP contribution >= 0.6 is 0 Å². The first-order chi connectivity index (χ1) is 13.9. The number of aromatic nitrogens is 2. The van der Waals surface area contributed by atoms with Crippen LogP contribution in [0.5, 0.6) is 5.75 Å². The second-order valence-corrected chi connectivity index (χ2v) is 6.98. The molecule has 0 fully saturated rings. The lowest BCUT2D eigenvalue weighted by atomic mass is 10.2. The van der Waals surface area contributed by atoms with Gasteiger partial charge in [0.25, 0.3) is 0 Å². The number of anilines is 1. The molecular weight excluding hydrogens is 371 g/mol. The van der Waals surface area contributed by atoms with Gasteiger partial charge in [-0.2, -0.15) is 5.10 Å². The van der Waals surface area contributed by atoms with E-state index in [1.807, 2.05) is 56.1 Å². The molecule has 0 radical (unpaired) electrons. The van der Waals surface area contributed by atoms with Gasteiger partial charge in [-0.1, -0.05) is 29.8 Å². The maximum atomic E-state index is 13.6.